The van der Waals surface area contributed by atoms with E-state index in [4.69, 9.17) is 5.11 Å². The number of methoxy groups -OCH3 is 1. The molecule has 0 saturated carbocycles. The molecule has 106 valence electrons. The summed E-state index contributed by atoms with van der Waals surface area (Å²) in [6.45, 7) is 0. The molecule has 0 aliphatic rings. The molecule has 1 aromatic rings. The minimum Gasteiger partial charge on any atom is -0.478 e. The molecule has 2 N–H and O–H groups in total. The molecule has 19 heavy (non-hydrogen) atoms. The van der Waals surface area contributed by atoms with E-state index in [1.807, 2.05) is 0 Å². The van der Waals surface area contributed by atoms with E-state index in [9.17, 15) is 23.1 Å². The van der Waals surface area contributed by atoms with Crippen LogP contribution in [-0.2, 0) is 17.3 Å². The van der Waals surface area contributed by atoms with Gasteiger partial charge in [0.25, 0.3) is 0 Å². The molecule has 0 spiro atoms. The van der Waals surface area contributed by atoms with Crippen molar-refractivity contribution in [2.24, 2.45) is 0 Å². The number of ether oxygens (including phenoxy) is 1. The van der Waals surface area contributed by atoms with E-state index in [0.29, 0.717) is 0 Å². The number of benzene rings is 1. The molecule has 0 saturated heterocycles. The summed E-state index contributed by atoms with van der Waals surface area (Å²) in [5.41, 5.74) is -1.31. The number of halogens is 3. The van der Waals surface area contributed by atoms with E-state index in [0.717, 1.165) is 18.2 Å². The number of hydrogen-bond donors (Lipinski definition) is 2. The van der Waals surface area contributed by atoms with Crippen molar-refractivity contribution in [3.8, 4) is 0 Å². The molecule has 0 bridgehead atoms. The van der Waals surface area contributed by atoms with Gasteiger partial charge in [-0.2, -0.15) is 13.2 Å². The highest BCUT2D eigenvalue weighted by atomic mass is 19.4. The van der Waals surface area contributed by atoms with E-state index in [1.54, 1.807) is 0 Å². The Morgan fingerprint density at radius 1 is 1.42 bits per heavy atom. The number of aliphatic hydroxyl groups is 1. The first-order valence-corrected chi connectivity index (χ1v) is 5.40. The van der Waals surface area contributed by atoms with Gasteiger partial charge in [0.05, 0.1) is 11.1 Å². The Morgan fingerprint density at radius 2 is 2.05 bits per heavy atom. The molecule has 0 aromatic heterocycles. The summed E-state index contributed by atoms with van der Waals surface area (Å²) in [5, 5.41) is 17.9. The predicted octanol–water partition coefficient (Wildman–Crippen LogP) is 2.30. The van der Waals surface area contributed by atoms with Crippen LogP contribution in [0.1, 0.15) is 27.9 Å². The molecule has 1 aromatic carbocycles. The molecule has 1 unspecified atom stereocenters. The largest absolute Gasteiger partial charge is 0.478 e. The molecule has 0 aliphatic carbocycles. The van der Waals surface area contributed by atoms with Crippen molar-refractivity contribution >= 4 is 5.97 Å². The fourth-order valence-electron chi connectivity index (χ4n) is 1.61. The van der Waals surface area contributed by atoms with Crippen LogP contribution in [0.2, 0.25) is 0 Å². The summed E-state index contributed by atoms with van der Waals surface area (Å²) in [6, 6.07) is 2.60. The minimum absolute atomic E-state index is 0.0529. The molecule has 1 rings (SSSR count). The zero-order chi connectivity index (χ0) is 14.6. The second-order valence-electron chi connectivity index (χ2n) is 3.90. The zero-order valence-electron chi connectivity index (χ0n) is 10.1. The fourth-order valence-corrected chi connectivity index (χ4v) is 1.61. The first-order chi connectivity index (χ1) is 8.75. The summed E-state index contributed by atoms with van der Waals surface area (Å²) in [7, 11) is 1.23. The maximum atomic E-state index is 12.7. The SMILES string of the molecule is COC(O)CCc1cc(C(=O)O)ccc1C(F)(F)F. The molecule has 1 atom stereocenters. The van der Waals surface area contributed by atoms with Crippen LogP contribution in [0.15, 0.2) is 18.2 Å². The van der Waals surface area contributed by atoms with Gasteiger partial charge in [0.2, 0.25) is 0 Å². The van der Waals surface area contributed by atoms with Crippen LogP contribution in [0, 0.1) is 0 Å². The number of carboxylic acids is 1. The van der Waals surface area contributed by atoms with Crippen LogP contribution < -0.4 is 0 Å². The Labute approximate surface area is 107 Å². The standard InChI is InChI=1S/C12H13F3O4/c1-19-10(16)5-3-7-6-8(11(17)18)2-4-9(7)12(13,14)15/h2,4,6,10,16H,3,5H2,1H3,(H,17,18). The van der Waals surface area contributed by atoms with Gasteiger partial charge in [0, 0.05) is 13.5 Å². The van der Waals surface area contributed by atoms with Crippen molar-refractivity contribution in [3.63, 3.8) is 0 Å². The first kappa shape index (κ1) is 15.5. The third kappa shape index (κ3) is 4.22. The normalized spacial score (nSPS) is 13.3. The number of aryl methyl sites for hydroxylation is 1. The van der Waals surface area contributed by atoms with Crippen molar-refractivity contribution in [1.82, 2.24) is 0 Å². The van der Waals surface area contributed by atoms with Crippen LogP contribution in [0.4, 0.5) is 13.2 Å². The second-order valence-corrected chi connectivity index (χ2v) is 3.90. The highest BCUT2D eigenvalue weighted by molar-refractivity contribution is 5.87. The molecule has 0 fully saturated rings. The van der Waals surface area contributed by atoms with Gasteiger partial charge in [0.15, 0.2) is 6.29 Å². The van der Waals surface area contributed by atoms with Crippen molar-refractivity contribution < 1.29 is 32.9 Å². The van der Waals surface area contributed by atoms with E-state index in [1.165, 1.54) is 7.11 Å². The van der Waals surface area contributed by atoms with Crippen LogP contribution in [0.25, 0.3) is 0 Å². The van der Waals surface area contributed by atoms with Gasteiger partial charge in [0.1, 0.15) is 0 Å². The lowest BCUT2D eigenvalue weighted by Gasteiger charge is -2.15. The summed E-state index contributed by atoms with van der Waals surface area (Å²) in [4.78, 5) is 10.8. The smallest absolute Gasteiger partial charge is 0.416 e. The topological polar surface area (TPSA) is 66.8 Å². The number of aromatic carboxylic acids is 1. The Morgan fingerprint density at radius 3 is 2.53 bits per heavy atom. The van der Waals surface area contributed by atoms with E-state index < -0.39 is 24.0 Å². The summed E-state index contributed by atoms with van der Waals surface area (Å²) >= 11 is 0. The molecule has 4 nitrogen and oxygen atoms in total. The van der Waals surface area contributed by atoms with Gasteiger partial charge in [-0.05, 0) is 30.2 Å². The highest BCUT2D eigenvalue weighted by Gasteiger charge is 2.33. The Kier molecular flexibility index (Phi) is 4.90. The molecule has 0 radical (unpaired) electrons. The average molecular weight is 278 g/mol. The van der Waals surface area contributed by atoms with E-state index in [-0.39, 0.29) is 24.0 Å². The zero-order valence-corrected chi connectivity index (χ0v) is 10.1. The average Bonchev–Trinajstić information content (AvgIpc) is 2.34. The van der Waals surface area contributed by atoms with Gasteiger partial charge < -0.3 is 14.9 Å². The highest BCUT2D eigenvalue weighted by Crippen LogP contribution is 2.33. The minimum atomic E-state index is -4.57. The second kappa shape index (κ2) is 6.03. The van der Waals surface area contributed by atoms with Gasteiger partial charge >= 0.3 is 12.1 Å². The Bertz CT molecular complexity index is 457. The van der Waals surface area contributed by atoms with Gasteiger partial charge in [-0.15, -0.1) is 0 Å². The van der Waals surface area contributed by atoms with Crippen molar-refractivity contribution in [1.29, 1.82) is 0 Å². The van der Waals surface area contributed by atoms with Gasteiger partial charge in [-0.1, -0.05) is 0 Å². The van der Waals surface area contributed by atoms with Gasteiger partial charge in [-0.3, -0.25) is 0 Å². The summed E-state index contributed by atoms with van der Waals surface area (Å²) < 4.78 is 42.8. The number of aliphatic hydroxyl groups excluding tert-OH is 1. The number of hydrogen-bond acceptors (Lipinski definition) is 3. The first-order valence-electron chi connectivity index (χ1n) is 5.40. The van der Waals surface area contributed by atoms with Gasteiger partial charge in [-0.25, -0.2) is 4.79 Å². The fraction of sp³-hybridized carbons (Fsp3) is 0.417. The van der Waals surface area contributed by atoms with Crippen molar-refractivity contribution in [2.45, 2.75) is 25.3 Å². The molecule has 7 heteroatoms. The lowest BCUT2D eigenvalue weighted by Crippen LogP contribution is -2.14. The number of carbonyl (C=O) groups is 1. The molecule has 0 heterocycles. The maximum absolute atomic E-state index is 12.7. The number of carboxylic acid groups (broad SMARTS) is 1. The lowest BCUT2D eigenvalue weighted by molar-refractivity contribution is -0.138. The number of alkyl halides is 3. The van der Waals surface area contributed by atoms with E-state index >= 15 is 0 Å². The molecular formula is C12H13F3O4. The van der Waals surface area contributed by atoms with Crippen LogP contribution in [-0.4, -0.2) is 29.6 Å². The third-order valence-electron chi connectivity index (χ3n) is 2.59. The summed E-state index contributed by atoms with van der Waals surface area (Å²) in [5.74, 6) is -1.30. The van der Waals surface area contributed by atoms with Crippen molar-refractivity contribution in [3.05, 3.63) is 34.9 Å². The molecular weight excluding hydrogens is 265 g/mol. The summed E-state index contributed by atoms with van der Waals surface area (Å²) in [6.07, 6.45) is -5.94. The quantitative estimate of drug-likeness (QED) is 0.811. The van der Waals surface area contributed by atoms with Crippen LogP contribution >= 0.6 is 0 Å². The van der Waals surface area contributed by atoms with E-state index in [2.05, 4.69) is 4.74 Å². The molecule has 0 aliphatic heterocycles. The van der Waals surface area contributed by atoms with Crippen LogP contribution in [0.3, 0.4) is 0 Å². The third-order valence-corrected chi connectivity index (χ3v) is 2.59. The lowest BCUT2D eigenvalue weighted by atomic mass is 9.99. The predicted molar refractivity (Wildman–Crippen MR) is 59.7 cm³/mol. The monoisotopic (exact) mass is 278 g/mol. The molecule has 0 amide bonds. The Balaban J connectivity index is 3.08. The van der Waals surface area contributed by atoms with Crippen molar-refractivity contribution in [2.75, 3.05) is 7.11 Å². The van der Waals surface area contributed by atoms with Crippen LogP contribution in [0.5, 0.6) is 0 Å². The Hall–Kier alpha value is -1.60. The maximum Gasteiger partial charge on any atom is 0.416 e. The number of rotatable bonds is 5.